The van der Waals surface area contributed by atoms with E-state index >= 15 is 0 Å². The van der Waals surface area contributed by atoms with Gasteiger partial charge in [-0.25, -0.2) is 9.59 Å². The van der Waals surface area contributed by atoms with Crippen LogP contribution in [0.1, 0.15) is 35.3 Å². The van der Waals surface area contributed by atoms with E-state index in [-0.39, 0.29) is 54.3 Å². The Balaban J connectivity index is 1.58. The van der Waals surface area contributed by atoms with Crippen molar-refractivity contribution in [3.05, 3.63) is 80.1 Å². The molecule has 2 atom stereocenters. The molecule has 12 nitrogen and oxygen atoms in total. The van der Waals surface area contributed by atoms with Crippen LogP contribution in [0.5, 0.6) is 5.75 Å². The number of hydrogen-bond donors (Lipinski definition) is 3. The number of urea groups is 1. The number of carbonyl (C=O) groups is 3. The Kier molecular flexibility index (Phi) is 8.60. The zero-order valence-electron chi connectivity index (χ0n) is 23.3. The molecular weight excluding hydrogens is 530 g/mol. The summed E-state index contributed by atoms with van der Waals surface area (Å²) in [5.74, 6) is -1.81. The Morgan fingerprint density at radius 2 is 1.71 bits per heavy atom. The van der Waals surface area contributed by atoms with Crippen molar-refractivity contribution in [2.75, 3.05) is 51.5 Å². The summed E-state index contributed by atoms with van der Waals surface area (Å²) in [5.41, 5.74) is -0.507. The normalized spacial score (nSPS) is 15.8. The molecular formula is C29H33N5O7. The topological polar surface area (TPSA) is 149 Å². The van der Waals surface area contributed by atoms with Gasteiger partial charge in [-0.2, -0.15) is 0 Å². The number of benzene rings is 2. The van der Waals surface area contributed by atoms with Gasteiger partial charge in [0, 0.05) is 27.2 Å². The molecule has 1 unspecified atom stereocenters. The number of carbonyl (C=O) groups excluding carboxylic acids is 3. The van der Waals surface area contributed by atoms with Crippen LogP contribution in [0.25, 0.3) is 0 Å². The van der Waals surface area contributed by atoms with E-state index in [9.17, 15) is 29.1 Å². The minimum atomic E-state index is -1.09. The van der Waals surface area contributed by atoms with Crippen LogP contribution in [-0.2, 0) is 9.53 Å². The first-order valence-electron chi connectivity index (χ1n) is 13.2. The molecule has 0 radical (unpaired) electrons. The van der Waals surface area contributed by atoms with Gasteiger partial charge in [-0.3, -0.25) is 14.4 Å². The number of amides is 3. The summed E-state index contributed by atoms with van der Waals surface area (Å²) in [7, 11) is 4.37. The van der Waals surface area contributed by atoms with E-state index < -0.39 is 34.5 Å². The molecule has 1 saturated heterocycles. The molecule has 3 N–H and O–H groups in total. The Morgan fingerprint density at radius 1 is 1.02 bits per heavy atom. The maximum atomic E-state index is 13.6. The largest absolute Gasteiger partial charge is 0.505 e. The van der Waals surface area contributed by atoms with Crippen molar-refractivity contribution in [1.29, 1.82) is 0 Å². The number of piperazine rings is 1. The molecule has 1 heterocycles. The van der Waals surface area contributed by atoms with E-state index in [1.165, 1.54) is 40.0 Å². The molecule has 0 aromatic heterocycles. The fraction of sp³-hybridized carbons (Fsp3) is 0.345. The maximum Gasteiger partial charge on any atom is 0.330 e. The predicted molar refractivity (Wildman–Crippen MR) is 153 cm³/mol. The van der Waals surface area contributed by atoms with Crippen molar-refractivity contribution in [1.82, 2.24) is 14.7 Å². The van der Waals surface area contributed by atoms with Crippen LogP contribution in [-0.4, -0.2) is 84.6 Å². The summed E-state index contributed by atoms with van der Waals surface area (Å²) < 4.78 is 4.89. The lowest BCUT2D eigenvalue weighted by atomic mass is 10.0. The third-order valence-corrected chi connectivity index (χ3v) is 7.13. The van der Waals surface area contributed by atoms with E-state index in [0.717, 1.165) is 5.56 Å². The zero-order chi connectivity index (χ0) is 29.8. The number of anilines is 3. The van der Waals surface area contributed by atoms with Crippen LogP contribution in [0.3, 0.4) is 0 Å². The second kappa shape index (κ2) is 12.1. The Hall–Kier alpha value is -4.87. The summed E-state index contributed by atoms with van der Waals surface area (Å²) in [6.45, 7) is 2.07. The minimum absolute atomic E-state index is 0.0208. The number of phenols is 1. The SMILES string of the molecule is CC[C@@H](Nc1c(Nc2cccc(C(=O)N3CCN(C(=O)N(C)C)CC3C(=O)OC)c2O)c(=O)c1=O)c1ccccc1. The van der Waals surface area contributed by atoms with Gasteiger partial charge < -0.3 is 35.2 Å². The molecule has 216 valence electrons. The quantitative estimate of drug-likeness (QED) is 0.213. The summed E-state index contributed by atoms with van der Waals surface area (Å²) in [6, 6.07) is 12.2. The van der Waals surface area contributed by atoms with Crippen LogP contribution in [0.15, 0.2) is 58.1 Å². The molecule has 0 bridgehead atoms. The summed E-state index contributed by atoms with van der Waals surface area (Å²) in [6.07, 6.45) is 0.645. The second-order valence-electron chi connectivity index (χ2n) is 9.91. The van der Waals surface area contributed by atoms with Crippen molar-refractivity contribution < 1.29 is 24.2 Å². The van der Waals surface area contributed by atoms with Gasteiger partial charge in [-0.05, 0) is 24.1 Å². The van der Waals surface area contributed by atoms with Crippen molar-refractivity contribution in [2.24, 2.45) is 0 Å². The van der Waals surface area contributed by atoms with E-state index in [1.807, 2.05) is 37.3 Å². The molecule has 0 aliphatic carbocycles. The average molecular weight is 564 g/mol. The Labute approximate surface area is 236 Å². The number of esters is 1. The number of nitrogens with one attached hydrogen (secondary N) is 2. The fourth-order valence-corrected chi connectivity index (χ4v) is 4.86. The van der Waals surface area contributed by atoms with Crippen LogP contribution < -0.4 is 21.5 Å². The highest BCUT2D eigenvalue weighted by molar-refractivity contribution is 6.01. The van der Waals surface area contributed by atoms with Gasteiger partial charge in [0.2, 0.25) is 0 Å². The molecule has 4 rings (SSSR count). The number of ether oxygens (including phenoxy) is 1. The fourth-order valence-electron chi connectivity index (χ4n) is 4.86. The standard InChI is InChI=1S/C29H33N5O7/c1-5-19(17-10-7-6-8-11-17)30-22-23(26(37)25(22)36)31-20-13-9-12-18(24(20)35)27(38)34-15-14-33(29(40)32(2)3)16-21(34)28(39)41-4/h6-13,19,21,30-31,35H,5,14-16H2,1-4H3/t19-,21?/m1/s1. The van der Waals surface area contributed by atoms with Gasteiger partial charge in [0.15, 0.2) is 5.75 Å². The van der Waals surface area contributed by atoms with Crippen LogP contribution >= 0.6 is 0 Å². The molecule has 0 spiro atoms. The molecule has 1 aliphatic heterocycles. The molecule has 3 aromatic rings. The highest BCUT2D eigenvalue weighted by atomic mass is 16.5. The lowest BCUT2D eigenvalue weighted by Gasteiger charge is -2.40. The number of hydrogen-bond acceptors (Lipinski definition) is 9. The average Bonchev–Trinajstić information content (AvgIpc) is 3.00. The number of para-hydroxylation sites is 1. The molecule has 0 saturated carbocycles. The molecule has 1 fully saturated rings. The van der Waals surface area contributed by atoms with E-state index in [2.05, 4.69) is 10.6 Å². The van der Waals surface area contributed by atoms with Crippen LogP contribution in [0, 0.1) is 0 Å². The smallest absolute Gasteiger partial charge is 0.330 e. The zero-order valence-corrected chi connectivity index (χ0v) is 23.3. The predicted octanol–water partition coefficient (Wildman–Crippen LogP) is 2.28. The van der Waals surface area contributed by atoms with Crippen molar-refractivity contribution in [3.63, 3.8) is 0 Å². The van der Waals surface area contributed by atoms with Crippen molar-refractivity contribution >= 4 is 35.0 Å². The Morgan fingerprint density at radius 3 is 2.34 bits per heavy atom. The first kappa shape index (κ1) is 29.1. The van der Waals surface area contributed by atoms with E-state index in [0.29, 0.717) is 6.42 Å². The number of aromatic hydroxyl groups is 1. The first-order valence-corrected chi connectivity index (χ1v) is 13.2. The number of phenolic OH excluding ortho intramolecular Hbond substituents is 1. The van der Waals surface area contributed by atoms with Crippen molar-refractivity contribution in [3.8, 4) is 5.75 Å². The highest BCUT2D eigenvalue weighted by Crippen LogP contribution is 2.34. The second-order valence-corrected chi connectivity index (χ2v) is 9.91. The minimum Gasteiger partial charge on any atom is -0.505 e. The molecule has 12 heteroatoms. The summed E-state index contributed by atoms with van der Waals surface area (Å²) in [5, 5.41) is 17.0. The Bertz CT molecular complexity index is 1510. The number of rotatable bonds is 8. The third-order valence-electron chi connectivity index (χ3n) is 7.13. The van der Waals surface area contributed by atoms with Crippen LogP contribution in [0.4, 0.5) is 21.9 Å². The van der Waals surface area contributed by atoms with Gasteiger partial charge in [0.1, 0.15) is 17.4 Å². The van der Waals surface area contributed by atoms with Gasteiger partial charge in [-0.1, -0.05) is 43.3 Å². The maximum absolute atomic E-state index is 13.6. The van der Waals surface area contributed by atoms with E-state index in [4.69, 9.17) is 4.74 Å². The summed E-state index contributed by atoms with van der Waals surface area (Å²) in [4.78, 5) is 67.6. The first-order chi connectivity index (χ1) is 19.6. The highest BCUT2D eigenvalue weighted by Gasteiger charge is 2.39. The molecule has 1 aliphatic rings. The van der Waals surface area contributed by atoms with Gasteiger partial charge in [0.25, 0.3) is 16.8 Å². The number of nitrogens with zero attached hydrogens (tertiary/aromatic N) is 3. The van der Waals surface area contributed by atoms with Gasteiger partial charge in [-0.15, -0.1) is 0 Å². The van der Waals surface area contributed by atoms with Gasteiger partial charge >= 0.3 is 12.0 Å². The molecule has 3 aromatic carbocycles. The third kappa shape index (κ3) is 5.72. The van der Waals surface area contributed by atoms with Gasteiger partial charge in [0.05, 0.1) is 30.9 Å². The lowest BCUT2D eigenvalue weighted by molar-refractivity contribution is -0.147. The van der Waals surface area contributed by atoms with Crippen molar-refractivity contribution in [2.45, 2.75) is 25.4 Å². The lowest BCUT2D eigenvalue weighted by Crippen LogP contribution is -2.60. The molecule has 41 heavy (non-hydrogen) atoms. The number of methoxy groups -OCH3 is 1. The molecule has 3 amide bonds. The summed E-state index contributed by atoms with van der Waals surface area (Å²) >= 11 is 0. The van der Waals surface area contributed by atoms with E-state index in [1.54, 1.807) is 14.1 Å². The van der Waals surface area contributed by atoms with Crippen LogP contribution in [0.2, 0.25) is 0 Å². The monoisotopic (exact) mass is 563 g/mol.